The maximum atomic E-state index is 12.8. The van der Waals surface area contributed by atoms with Gasteiger partial charge in [0.05, 0.1) is 11.6 Å². The standard InChI is InChI=1S/C18H25N5O3/c1-12-10-15(22(2)20-12)18(24)23-7-3-4-14(11-23)17-19-16(21-26-17)13-5-8-25-9-6-13/h10,13-14H,3-9,11H2,1-2H3. The molecule has 2 saturated heterocycles. The molecule has 0 bridgehead atoms. The summed E-state index contributed by atoms with van der Waals surface area (Å²) in [5, 5.41) is 8.48. The average Bonchev–Trinajstić information content (AvgIpc) is 3.28. The van der Waals surface area contributed by atoms with Crippen LogP contribution in [0.1, 0.15) is 65.4 Å². The van der Waals surface area contributed by atoms with Crippen molar-refractivity contribution in [2.24, 2.45) is 7.05 Å². The number of piperidine rings is 1. The number of aromatic nitrogens is 4. The number of nitrogens with zero attached hydrogens (tertiary/aromatic N) is 5. The molecule has 0 aromatic carbocycles. The van der Waals surface area contributed by atoms with Gasteiger partial charge in [0.15, 0.2) is 5.82 Å². The van der Waals surface area contributed by atoms with E-state index in [-0.39, 0.29) is 11.8 Å². The van der Waals surface area contributed by atoms with Crippen LogP contribution in [0.2, 0.25) is 0 Å². The fourth-order valence-corrected chi connectivity index (χ4v) is 3.87. The normalized spacial score (nSPS) is 21.9. The van der Waals surface area contributed by atoms with Crippen LogP contribution in [0.4, 0.5) is 0 Å². The van der Waals surface area contributed by atoms with Gasteiger partial charge in [0, 0.05) is 39.3 Å². The highest BCUT2D eigenvalue weighted by atomic mass is 16.5. The predicted octanol–water partition coefficient (Wildman–Crippen LogP) is 2.03. The van der Waals surface area contributed by atoms with Crippen LogP contribution in [-0.4, -0.2) is 57.0 Å². The van der Waals surface area contributed by atoms with Crippen molar-refractivity contribution in [1.82, 2.24) is 24.8 Å². The van der Waals surface area contributed by atoms with E-state index in [1.165, 1.54) is 0 Å². The van der Waals surface area contributed by atoms with Crippen LogP contribution in [0.5, 0.6) is 0 Å². The van der Waals surface area contributed by atoms with Gasteiger partial charge in [-0.15, -0.1) is 0 Å². The Bertz CT molecular complexity index is 778. The first-order chi connectivity index (χ1) is 12.6. The van der Waals surface area contributed by atoms with Gasteiger partial charge in [-0.3, -0.25) is 9.48 Å². The molecule has 140 valence electrons. The van der Waals surface area contributed by atoms with Crippen molar-refractivity contribution in [2.75, 3.05) is 26.3 Å². The maximum Gasteiger partial charge on any atom is 0.272 e. The fourth-order valence-electron chi connectivity index (χ4n) is 3.87. The van der Waals surface area contributed by atoms with Gasteiger partial charge < -0.3 is 14.2 Å². The van der Waals surface area contributed by atoms with Crippen molar-refractivity contribution >= 4 is 5.91 Å². The highest BCUT2D eigenvalue weighted by Gasteiger charge is 2.31. The number of likely N-dealkylation sites (tertiary alicyclic amines) is 1. The van der Waals surface area contributed by atoms with E-state index in [0.29, 0.717) is 24.0 Å². The molecule has 2 fully saturated rings. The molecule has 0 radical (unpaired) electrons. The maximum absolute atomic E-state index is 12.8. The highest BCUT2D eigenvalue weighted by molar-refractivity contribution is 5.92. The second-order valence-electron chi connectivity index (χ2n) is 7.26. The lowest BCUT2D eigenvalue weighted by Gasteiger charge is -2.30. The third-order valence-electron chi connectivity index (χ3n) is 5.32. The first-order valence-corrected chi connectivity index (χ1v) is 9.33. The van der Waals surface area contributed by atoms with Crippen LogP contribution in [0.25, 0.3) is 0 Å². The Morgan fingerprint density at radius 3 is 2.77 bits per heavy atom. The van der Waals surface area contributed by atoms with Gasteiger partial charge in [0.1, 0.15) is 5.69 Å². The van der Waals surface area contributed by atoms with Crippen molar-refractivity contribution in [3.05, 3.63) is 29.2 Å². The van der Waals surface area contributed by atoms with E-state index in [1.807, 2.05) is 17.9 Å². The summed E-state index contributed by atoms with van der Waals surface area (Å²) < 4.78 is 12.6. The Hall–Kier alpha value is -2.22. The zero-order valence-electron chi connectivity index (χ0n) is 15.3. The summed E-state index contributed by atoms with van der Waals surface area (Å²) in [6, 6.07) is 1.84. The fraction of sp³-hybridized carbons (Fsp3) is 0.667. The van der Waals surface area contributed by atoms with Crippen LogP contribution in [0, 0.1) is 6.92 Å². The summed E-state index contributed by atoms with van der Waals surface area (Å²) in [6.07, 6.45) is 3.77. The molecule has 1 atom stereocenters. The third-order valence-corrected chi connectivity index (χ3v) is 5.32. The molecule has 2 aliphatic heterocycles. The molecule has 2 aliphatic rings. The number of hydrogen-bond donors (Lipinski definition) is 0. The smallest absolute Gasteiger partial charge is 0.272 e. The van der Waals surface area contributed by atoms with E-state index in [4.69, 9.17) is 9.26 Å². The van der Waals surface area contributed by atoms with Crippen LogP contribution >= 0.6 is 0 Å². The first-order valence-electron chi connectivity index (χ1n) is 9.33. The predicted molar refractivity (Wildman–Crippen MR) is 92.9 cm³/mol. The Balaban J connectivity index is 1.46. The summed E-state index contributed by atoms with van der Waals surface area (Å²) >= 11 is 0. The molecule has 4 heterocycles. The lowest BCUT2D eigenvalue weighted by Crippen LogP contribution is -2.40. The summed E-state index contributed by atoms with van der Waals surface area (Å²) in [5.74, 6) is 1.88. The minimum absolute atomic E-state index is 0.0157. The minimum Gasteiger partial charge on any atom is -0.381 e. The minimum atomic E-state index is 0.0157. The molecule has 8 nitrogen and oxygen atoms in total. The quantitative estimate of drug-likeness (QED) is 0.833. The number of ether oxygens (including phenoxy) is 1. The van der Waals surface area contributed by atoms with Crippen LogP contribution in [0.3, 0.4) is 0 Å². The van der Waals surface area contributed by atoms with Crippen LogP contribution in [0.15, 0.2) is 10.6 Å². The Morgan fingerprint density at radius 1 is 1.23 bits per heavy atom. The second kappa shape index (κ2) is 7.19. The summed E-state index contributed by atoms with van der Waals surface area (Å²) in [5.41, 5.74) is 1.47. The SMILES string of the molecule is Cc1cc(C(=O)N2CCCC(c3nc(C4CCOCC4)no3)C2)n(C)n1. The molecule has 8 heteroatoms. The van der Waals surface area contributed by atoms with Gasteiger partial charge >= 0.3 is 0 Å². The van der Waals surface area contributed by atoms with Gasteiger partial charge in [-0.2, -0.15) is 10.1 Å². The number of amides is 1. The molecule has 4 rings (SSSR count). The van der Waals surface area contributed by atoms with Gasteiger partial charge in [0.2, 0.25) is 5.89 Å². The van der Waals surface area contributed by atoms with Crippen molar-refractivity contribution in [3.63, 3.8) is 0 Å². The molecular weight excluding hydrogens is 334 g/mol. The van der Waals surface area contributed by atoms with E-state index in [2.05, 4.69) is 15.2 Å². The lowest BCUT2D eigenvalue weighted by atomic mass is 9.97. The zero-order chi connectivity index (χ0) is 18.1. The molecule has 0 N–H and O–H groups in total. The molecule has 2 aromatic heterocycles. The van der Waals surface area contributed by atoms with E-state index in [0.717, 1.165) is 57.0 Å². The lowest BCUT2D eigenvalue weighted by molar-refractivity contribution is 0.0684. The zero-order valence-corrected chi connectivity index (χ0v) is 15.3. The molecule has 0 saturated carbocycles. The van der Waals surface area contributed by atoms with Crippen molar-refractivity contribution in [3.8, 4) is 0 Å². The van der Waals surface area contributed by atoms with Crippen molar-refractivity contribution in [1.29, 1.82) is 0 Å². The number of aryl methyl sites for hydroxylation is 2. The summed E-state index contributed by atoms with van der Waals surface area (Å²) in [7, 11) is 1.81. The van der Waals surface area contributed by atoms with E-state index < -0.39 is 0 Å². The molecule has 1 unspecified atom stereocenters. The molecular formula is C18H25N5O3. The summed E-state index contributed by atoms with van der Waals surface area (Å²) in [6.45, 7) is 4.76. The number of carbonyl (C=O) groups is 1. The Morgan fingerprint density at radius 2 is 2.04 bits per heavy atom. The highest BCUT2D eigenvalue weighted by Crippen LogP contribution is 2.30. The largest absolute Gasteiger partial charge is 0.381 e. The van der Waals surface area contributed by atoms with E-state index >= 15 is 0 Å². The van der Waals surface area contributed by atoms with Gasteiger partial charge in [-0.25, -0.2) is 0 Å². The van der Waals surface area contributed by atoms with Crippen LogP contribution < -0.4 is 0 Å². The topological polar surface area (TPSA) is 86.3 Å². The number of carbonyl (C=O) groups excluding carboxylic acids is 1. The van der Waals surface area contributed by atoms with Crippen molar-refractivity contribution < 1.29 is 14.1 Å². The van der Waals surface area contributed by atoms with E-state index in [9.17, 15) is 4.79 Å². The van der Waals surface area contributed by atoms with E-state index in [1.54, 1.807) is 11.7 Å². The van der Waals surface area contributed by atoms with Gasteiger partial charge in [0.25, 0.3) is 5.91 Å². The van der Waals surface area contributed by atoms with Gasteiger partial charge in [-0.1, -0.05) is 5.16 Å². The number of rotatable bonds is 3. The van der Waals surface area contributed by atoms with Crippen molar-refractivity contribution in [2.45, 2.75) is 44.4 Å². The summed E-state index contributed by atoms with van der Waals surface area (Å²) in [4.78, 5) is 19.4. The number of hydrogen-bond acceptors (Lipinski definition) is 6. The monoisotopic (exact) mass is 359 g/mol. The Kier molecular flexibility index (Phi) is 4.76. The third kappa shape index (κ3) is 3.38. The molecule has 0 aliphatic carbocycles. The molecule has 26 heavy (non-hydrogen) atoms. The molecule has 2 aromatic rings. The van der Waals surface area contributed by atoms with Crippen LogP contribution in [-0.2, 0) is 11.8 Å². The Labute approximate surface area is 152 Å². The molecule has 1 amide bonds. The van der Waals surface area contributed by atoms with Gasteiger partial charge in [-0.05, 0) is 38.7 Å². The first kappa shape index (κ1) is 17.2. The average molecular weight is 359 g/mol. The molecule has 0 spiro atoms. The second-order valence-corrected chi connectivity index (χ2v) is 7.26.